The Morgan fingerprint density at radius 3 is 2.43 bits per heavy atom. The second kappa shape index (κ2) is 3.99. The molecule has 0 spiro atoms. The van der Waals surface area contributed by atoms with Gasteiger partial charge in [-0.15, -0.1) is 0 Å². The van der Waals surface area contributed by atoms with Crippen molar-refractivity contribution in [2.45, 2.75) is 45.1 Å². The Morgan fingerprint density at radius 1 is 1.36 bits per heavy atom. The standard InChI is InChI=1S/C12H17NO/c1-2-12(14)13-11-7-9-5-3-4-6-10(9)8-11/h5-6,11H,2-4,7-8H2,1H3,(H,13,14). The van der Waals surface area contributed by atoms with E-state index in [4.69, 9.17) is 0 Å². The molecule has 1 saturated carbocycles. The average molecular weight is 191 g/mol. The number of hydrogen-bond acceptors (Lipinski definition) is 1. The normalized spacial score (nSPS) is 21.2. The first-order valence-electron chi connectivity index (χ1n) is 5.47. The van der Waals surface area contributed by atoms with E-state index in [9.17, 15) is 4.79 Å². The first-order valence-corrected chi connectivity index (χ1v) is 5.47. The second-order valence-electron chi connectivity index (χ2n) is 4.06. The minimum atomic E-state index is 0.176. The van der Waals surface area contributed by atoms with Crippen LogP contribution in [0.5, 0.6) is 0 Å². The molecular weight excluding hydrogens is 174 g/mol. The summed E-state index contributed by atoms with van der Waals surface area (Å²) in [5.74, 6) is 0.176. The van der Waals surface area contributed by atoms with Crippen LogP contribution in [0.3, 0.4) is 0 Å². The molecule has 2 rings (SSSR count). The second-order valence-corrected chi connectivity index (χ2v) is 4.06. The Morgan fingerprint density at radius 2 is 1.93 bits per heavy atom. The minimum absolute atomic E-state index is 0.176. The molecule has 76 valence electrons. The summed E-state index contributed by atoms with van der Waals surface area (Å²) in [6, 6.07) is 0.359. The Labute approximate surface area is 85.1 Å². The van der Waals surface area contributed by atoms with E-state index in [2.05, 4.69) is 17.5 Å². The van der Waals surface area contributed by atoms with Crippen LogP contribution in [0, 0.1) is 0 Å². The molecule has 0 aromatic carbocycles. The molecule has 0 unspecified atom stereocenters. The summed E-state index contributed by atoms with van der Waals surface area (Å²) in [6.07, 6.45) is 9.67. The van der Waals surface area contributed by atoms with Gasteiger partial charge in [0.2, 0.25) is 5.91 Å². The van der Waals surface area contributed by atoms with Crippen molar-refractivity contribution in [2.24, 2.45) is 0 Å². The van der Waals surface area contributed by atoms with E-state index < -0.39 is 0 Å². The Kier molecular flexibility index (Phi) is 2.71. The molecule has 0 atom stereocenters. The number of nitrogens with one attached hydrogen (secondary N) is 1. The van der Waals surface area contributed by atoms with Crippen LogP contribution in [0.2, 0.25) is 0 Å². The van der Waals surface area contributed by atoms with Gasteiger partial charge in [-0.2, -0.15) is 0 Å². The van der Waals surface area contributed by atoms with E-state index in [0.717, 1.165) is 12.8 Å². The lowest BCUT2D eigenvalue weighted by atomic mass is 10.0. The van der Waals surface area contributed by atoms with Gasteiger partial charge in [-0.25, -0.2) is 0 Å². The predicted octanol–water partition coefficient (Wildman–Crippen LogP) is 2.32. The minimum Gasteiger partial charge on any atom is -0.353 e. The third kappa shape index (κ3) is 1.89. The van der Waals surface area contributed by atoms with Crippen molar-refractivity contribution in [3.05, 3.63) is 23.3 Å². The van der Waals surface area contributed by atoms with Gasteiger partial charge in [0.05, 0.1) is 0 Å². The zero-order valence-electron chi connectivity index (χ0n) is 8.68. The first-order chi connectivity index (χ1) is 6.79. The van der Waals surface area contributed by atoms with E-state index in [1.807, 2.05) is 6.92 Å². The van der Waals surface area contributed by atoms with E-state index in [0.29, 0.717) is 12.5 Å². The molecule has 1 amide bonds. The molecular formula is C12H17NO. The average Bonchev–Trinajstić information content (AvgIpc) is 2.59. The topological polar surface area (TPSA) is 29.1 Å². The number of fused-ring (bicyclic) bond motifs is 1. The first kappa shape index (κ1) is 9.50. The van der Waals surface area contributed by atoms with Gasteiger partial charge >= 0.3 is 0 Å². The maximum atomic E-state index is 11.2. The van der Waals surface area contributed by atoms with Crippen LogP contribution < -0.4 is 5.32 Å². The largest absolute Gasteiger partial charge is 0.353 e. The molecule has 0 aliphatic heterocycles. The highest BCUT2D eigenvalue weighted by Gasteiger charge is 2.25. The van der Waals surface area contributed by atoms with Crippen molar-refractivity contribution in [3.8, 4) is 0 Å². The van der Waals surface area contributed by atoms with Crippen LogP contribution in [0.1, 0.15) is 39.0 Å². The summed E-state index contributed by atoms with van der Waals surface area (Å²) in [6.45, 7) is 1.90. The monoisotopic (exact) mass is 191 g/mol. The van der Waals surface area contributed by atoms with Gasteiger partial charge < -0.3 is 5.32 Å². The highest BCUT2D eigenvalue weighted by Crippen LogP contribution is 2.34. The SMILES string of the molecule is CCC(=O)NC1CC2=CCCC=C2C1. The molecule has 2 nitrogen and oxygen atoms in total. The van der Waals surface area contributed by atoms with Crippen molar-refractivity contribution in [2.75, 3.05) is 0 Å². The third-order valence-corrected chi connectivity index (χ3v) is 2.98. The van der Waals surface area contributed by atoms with Gasteiger partial charge in [0.25, 0.3) is 0 Å². The zero-order valence-corrected chi connectivity index (χ0v) is 8.68. The van der Waals surface area contributed by atoms with Gasteiger partial charge in [0, 0.05) is 12.5 Å². The van der Waals surface area contributed by atoms with Crippen molar-refractivity contribution in [1.29, 1.82) is 0 Å². The van der Waals surface area contributed by atoms with Gasteiger partial charge in [0.1, 0.15) is 0 Å². The highest BCUT2D eigenvalue weighted by molar-refractivity contribution is 5.76. The molecule has 0 radical (unpaired) electrons. The lowest BCUT2D eigenvalue weighted by molar-refractivity contribution is -0.121. The summed E-state index contributed by atoms with van der Waals surface area (Å²) >= 11 is 0. The summed E-state index contributed by atoms with van der Waals surface area (Å²) < 4.78 is 0. The number of allylic oxidation sites excluding steroid dienone is 2. The van der Waals surface area contributed by atoms with Crippen molar-refractivity contribution in [3.63, 3.8) is 0 Å². The third-order valence-electron chi connectivity index (χ3n) is 2.98. The lowest BCUT2D eigenvalue weighted by Gasteiger charge is -2.09. The lowest BCUT2D eigenvalue weighted by Crippen LogP contribution is -2.31. The fourth-order valence-electron chi connectivity index (χ4n) is 2.24. The number of carbonyl (C=O) groups excluding carboxylic acids is 1. The molecule has 2 aliphatic rings. The van der Waals surface area contributed by atoms with E-state index >= 15 is 0 Å². The van der Waals surface area contributed by atoms with Gasteiger partial charge in [-0.1, -0.05) is 19.1 Å². The molecule has 0 bridgehead atoms. The van der Waals surface area contributed by atoms with Crippen molar-refractivity contribution in [1.82, 2.24) is 5.32 Å². The zero-order chi connectivity index (χ0) is 9.97. The quantitative estimate of drug-likeness (QED) is 0.713. The van der Waals surface area contributed by atoms with E-state index in [1.54, 1.807) is 0 Å². The summed E-state index contributed by atoms with van der Waals surface area (Å²) in [5, 5.41) is 3.06. The van der Waals surface area contributed by atoms with Crippen LogP contribution in [0.15, 0.2) is 23.3 Å². The van der Waals surface area contributed by atoms with Crippen LogP contribution in [-0.4, -0.2) is 11.9 Å². The predicted molar refractivity (Wildman–Crippen MR) is 56.9 cm³/mol. The van der Waals surface area contributed by atoms with Crippen LogP contribution in [-0.2, 0) is 4.79 Å². The Bertz CT molecular complexity index is 279. The Hall–Kier alpha value is -1.05. The van der Waals surface area contributed by atoms with Gasteiger partial charge in [-0.05, 0) is 36.8 Å². The molecule has 2 aliphatic carbocycles. The number of hydrogen-bond donors (Lipinski definition) is 1. The summed E-state index contributed by atoms with van der Waals surface area (Å²) in [5.41, 5.74) is 2.94. The fourth-order valence-corrected chi connectivity index (χ4v) is 2.24. The maximum absolute atomic E-state index is 11.2. The molecule has 14 heavy (non-hydrogen) atoms. The van der Waals surface area contributed by atoms with Gasteiger partial charge in [-0.3, -0.25) is 4.79 Å². The summed E-state index contributed by atoms with van der Waals surface area (Å²) in [7, 11) is 0. The van der Waals surface area contributed by atoms with Crippen LogP contribution in [0.25, 0.3) is 0 Å². The molecule has 0 aromatic heterocycles. The summed E-state index contributed by atoms with van der Waals surface area (Å²) in [4.78, 5) is 11.2. The smallest absolute Gasteiger partial charge is 0.219 e. The number of carbonyl (C=O) groups is 1. The maximum Gasteiger partial charge on any atom is 0.219 e. The molecule has 1 N–H and O–H groups in total. The molecule has 0 saturated heterocycles. The van der Waals surface area contributed by atoms with E-state index in [-0.39, 0.29) is 5.91 Å². The van der Waals surface area contributed by atoms with Gasteiger partial charge in [0.15, 0.2) is 0 Å². The van der Waals surface area contributed by atoms with Crippen LogP contribution >= 0.6 is 0 Å². The molecule has 0 heterocycles. The van der Waals surface area contributed by atoms with E-state index in [1.165, 1.54) is 24.0 Å². The highest BCUT2D eigenvalue weighted by atomic mass is 16.1. The Balaban J connectivity index is 1.97. The van der Waals surface area contributed by atoms with Crippen molar-refractivity contribution >= 4 is 5.91 Å². The number of amides is 1. The van der Waals surface area contributed by atoms with Crippen molar-refractivity contribution < 1.29 is 4.79 Å². The molecule has 1 fully saturated rings. The molecule has 2 heteroatoms. The number of rotatable bonds is 2. The van der Waals surface area contributed by atoms with Crippen LogP contribution in [0.4, 0.5) is 0 Å². The molecule has 0 aromatic rings. The fraction of sp³-hybridized carbons (Fsp3) is 0.583.